The van der Waals surface area contributed by atoms with Gasteiger partial charge in [-0.2, -0.15) is 0 Å². The number of likely N-dealkylation sites (N-methyl/N-ethyl adjacent to an activating group) is 2. The number of unbranched alkanes of at least 4 members (excludes halogenated alkanes) is 1. The number of carbonyl (C=O) groups excluding carboxylic acids is 4. The van der Waals surface area contributed by atoms with Crippen molar-refractivity contribution in [1.82, 2.24) is 15.5 Å². The van der Waals surface area contributed by atoms with Crippen molar-refractivity contribution in [2.24, 2.45) is 11.8 Å². The Morgan fingerprint density at radius 1 is 1.29 bits per heavy atom. The second-order valence-electron chi connectivity index (χ2n) is 8.48. The van der Waals surface area contributed by atoms with E-state index < -0.39 is 29.9 Å². The first-order chi connectivity index (χ1) is 14.7. The Labute approximate surface area is 185 Å². The molecule has 1 aliphatic rings. The van der Waals surface area contributed by atoms with Crippen LogP contribution in [0.5, 0.6) is 0 Å². The third-order valence-electron chi connectivity index (χ3n) is 5.33. The van der Waals surface area contributed by atoms with Crippen LogP contribution in [0.4, 0.5) is 0 Å². The number of carbonyl (C=O) groups is 4. The SMILES string of the molecule is CCCCOC(=O)[C@H]1OCC(=O)N(C)CCCC[C@@H](C(=O)NC)NC(=O)[C@@H]1CC(C)C. The Morgan fingerprint density at radius 2 is 2.00 bits per heavy atom. The topological polar surface area (TPSA) is 114 Å². The lowest BCUT2D eigenvalue weighted by molar-refractivity contribution is -0.167. The molecule has 9 nitrogen and oxygen atoms in total. The van der Waals surface area contributed by atoms with Gasteiger partial charge in [0.2, 0.25) is 17.7 Å². The van der Waals surface area contributed by atoms with Gasteiger partial charge in [0.1, 0.15) is 12.6 Å². The molecule has 3 atom stereocenters. The standard InChI is InChI=1S/C22H39N3O6/c1-6-7-12-30-22(29)19-16(13-15(2)3)20(27)24-17(21(28)23-4)10-8-9-11-25(5)18(26)14-31-19/h15-17,19H,6-14H2,1-5H3,(H,23,28)(H,24,27)/t16-,17+,19+/m1/s1. The number of rotatable bonds is 7. The Morgan fingerprint density at radius 3 is 2.61 bits per heavy atom. The van der Waals surface area contributed by atoms with Crippen LogP contribution in [0.2, 0.25) is 0 Å². The fraction of sp³-hybridized carbons (Fsp3) is 0.818. The fourth-order valence-corrected chi connectivity index (χ4v) is 3.44. The molecule has 0 aliphatic carbocycles. The van der Waals surface area contributed by atoms with Crippen molar-refractivity contribution in [1.29, 1.82) is 0 Å². The molecule has 1 rings (SSSR count). The largest absolute Gasteiger partial charge is 0.464 e. The van der Waals surface area contributed by atoms with Crippen molar-refractivity contribution >= 4 is 23.7 Å². The molecule has 0 aromatic heterocycles. The minimum absolute atomic E-state index is 0.0813. The summed E-state index contributed by atoms with van der Waals surface area (Å²) in [5.41, 5.74) is 0. The van der Waals surface area contributed by atoms with E-state index in [0.29, 0.717) is 38.6 Å². The van der Waals surface area contributed by atoms with Gasteiger partial charge in [-0.05, 0) is 38.0 Å². The van der Waals surface area contributed by atoms with Gasteiger partial charge >= 0.3 is 5.97 Å². The van der Waals surface area contributed by atoms with Crippen LogP contribution in [0.15, 0.2) is 0 Å². The van der Waals surface area contributed by atoms with E-state index in [4.69, 9.17) is 9.47 Å². The van der Waals surface area contributed by atoms with Crippen molar-refractivity contribution in [2.45, 2.75) is 71.4 Å². The van der Waals surface area contributed by atoms with Crippen LogP contribution in [-0.4, -0.2) is 74.6 Å². The van der Waals surface area contributed by atoms with Crippen molar-refractivity contribution in [3.05, 3.63) is 0 Å². The quantitative estimate of drug-likeness (QED) is 0.454. The molecule has 2 N–H and O–H groups in total. The molecule has 1 fully saturated rings. The number of esters is 1. The van der Waals surface area contributed by atoms with E-state index >= 15 is 0 Å². The molecule has 0 aromatic carbocycles. The zero-order valence-corrected chi connectivity index (χ0v) is 19.6. The number of ether oxygens (including phenoxy) is 2. The van der Waals surface area contributed by atoms with Crippen molar-refractivity contribution in [3.8, 4) is 0 Å². The van der Waals surface area contributed by atoms with E-state index in [1.54, 1.807) is 11.9 Å². The van der Waals surface area contributed by atoms with Gasteiger partial charge in [-0.25, -0.2) is 4.79 Å². The lowest BCUT2D eigenvalue weighted by Gasteiger charge is -2.28. The molecule has 0 unspecified atom stereocenters. The minimum Gasteiger partial charge on any atom is -0.464 e. The molecule has 0 aromatic rings. The molecule has 3 amide bonds. The average Bonchev–Trinajstić information content (AvgIpc) is 2.73. The number of amides is 3. The van der Waals surface area contributed by atoms with Gasteiger partial charge in [0.15, 0.2) is 6.10 Å². The summed E-state index contributed by atoms with van der Waals surface area (Å²) < 4.78 is 11.1. The Bertz CT molecular complexity index is 610. The van der Waals surface area contributed by atoms with Crippen LogP contribution in [0.25, 0.3) is 0 Å². The summed E-state index contributed by atoms with van der Waals surface area (Å²) in [4.78, 5) is 52.3. The van der Waals surface area contributed by atoms with Crippen LogP contribution in [0, 0.1) is 11.8 Å². The van der Waals surface area contributed by atoms with Crippen LogP contribution < -0.4 is 10.6 Å². The molecule has 178 valence electrons. The summed E-state index contributed by atoms with van der Waals surface area (Å²) in [5.74, 6) is -2.45. The summed E-state index contributed by atoms with van der Waals surface area (Å²) in [6, 6.07) is -0.717. The number of hydrogen-bond donors (Lipinski definition) is 2. The van der Waals surface area contributed by atoms with Crippen LogP contribution in [0.1, 0.15) is 59.3 Å². The zero-order chi connectivity index (χ0) is 23.4. The maximum atomic E-state index is 13.2. The molecule has 1 saturated heterocycles. The Kier molecular flexibility index (Phi) is 12.1. The number of hydrogen-bond acceptors (Lipinski definition) is 6. The van der Waals surface area contributed by atoms with E-state index in [0.717, 1.165) is 6.42 Å². The maximum absolute atomic E-state index is 13.2. The molecular weight excluding hydrogens is 402 g/mol. The van der Waals surface area contributed by atoms with Crippen molar-refractivity contribution in [2.75, 3.05) is 33.9 Å². The molecule has 9 heteroatoms. The van der Waals surface area contributed by atoms with Crippen LogP contribution >= 0.6 is 0 Å². The molecule has 0 radical (unpaired) electrons. The molecule has 1 aliphatic heterocycles. The first kappa shape index (κ1) is 26.9. The second-order valence-corrected chi connectivity index (χ2v) is 8.48. The van der Waals surface area contributed by atoms with Gasteiger partial charge in [0, 0.05) is 20.6 Å². The highest BCUT2D eigenvalue weighted by molar-refractivity contribution is 5.91. The maximum Gasteiger partial charge on any atom is 0.336 e. The summed E-state index contributed by atoms with van der Waals surface area (Å²) in [7, 11) is 3.19. The molecule has 31 heavy (non-hydrogen) atoms. The third kappa shape index (κ3) is 9.25. The highest BCUT2D eigenvalue weighted by Gasteiger charge is 2.38. The first-order valence-corrected chi connectivity index (χ1v) is 11.2. The van der Waals surface area contributed by atoms with Gasteiger partial charge < -0.3 is 25.0 Å². The van der Waals surface area contributed by atoms with E-state index in [-0.39, 0.29) is 30.9 Å². The predicted molar refractivity (Wildman–Crippen MR) is 116 cm³/mol. The van der Waals surface area contributed by atoms with Gasteiger partial charge in [-0.15, -0.1) is 0 Å². The molecular formula is C22H39N3O6. The fourth-order valence-electron chi connectivity index (χ4n) is 3.44. The van der Waals surface area contributed by atoms with E-state index in [9.17, 15) is 19.2 Å². The average molecular weight is 442 g/mol. The Hall–Kier alpha value is -2.16. The third-order valence-corrected chi connectivity index (χ3v) is 5.33. The molecule has 0 bridgehead atoms. The summed E-state index contributed by atoms with van der Waals surface area (Å²) in [6.45, 7) is 6.25. The van der Waals surface area contributed by atoms with E-state index in [2.05, 4.69) is 10.6 Å². The van der Waals surface area contributed by atoms with Crippen molar-refractivity contribution in [3.63, 3.8) is 0 Å². The van der Waals surface area contributed by atoms with Crippen molar-refractivity contribution < 1.29 is 28.7 Å². The van der Waals surface area contributed by atoms with E-state index in [1.807, 2.05) is 20.8 Å². The zero-order valence-electron chi connectivity index (χ0n) is 19.6. The smallest absolute Gasteiger partial charge is 0.336 e. The van der Waals surface area contributed by atoms with Gasteiger partial charge in [-0.1, -0.05) is 27.2 Å². The minimum atomic E-state index is -1.22. The lowest BCUT2D eigenvalue weighted by Crippen LogP contribution is -2.51. The molecule has 0 saturated carbocycles. The summed E-state index contributed by atoms with van der Waals surface area (Å²) in [5, 5.41) is 5.38. The van der Waals surface area contributed by atoms with Gasteiger partial charge in [-0.3, -0.25) is 14.4 Å². The summed E-state index contributed by atoms with van der Waals surface area (Å²) in [6.07, 6.45) is 2.46. The number of nitrogens with one attached hydrogen (secondary N) is 2. The normalized spacial score (nSPS) is 23.9. The van der Waals surface area contributed by atoms with Gasteiger partial charge in [0.05, 0.1) is 12.5 Å². The Balaban J connectivity index is 3.22. The summed E-state index contributed by atoms with van der Waals surface area (Å²) >= 11 is 0. The number of nitrogens with zero attached hydrogens (tertiary/aromatic N) is 1. The lowest BCUT2D eigenvalue weighted by atomic mass is 9.90. The van der Waals surface area contributed by atoms with Crippen LogP contribution in [-0.2, 0) is 28.7 Å². The predicted octanol–water partition coefficient (Wildman–Crippen LogP) is 1.25. The first-order valence-electron chi connectivity index (χ1n) is 11.2. The second kappa shape index (κ2) is 14.0. The molecule has 1 heterocycles. The molecule has 0 spiro atoms. The highest BCUT2D eigenvalue weighted by Crippen LogP contribution is 2.21. The monoisotopic (exact) mass is 441 g/mol. The highest BCUT2D eigenvalue weighted by atomic mass is 16.6. The van der Waals surface area contributed by atoms with Crippen LogP contribution in [0.3, 0.4) is 0 Å². The van der Waals surface area contributed by atoms with Gasteiger partial charge in [0.25, 0.3) is 0 Å². The van der Waals surface area contributed by atoms with E-state index in [1.165, 1.54) is 7.05 Å².